The van der Waals surface area contributed by atoms with Crippen LogP contribution in [0.25, 0.3) is 11.4 Å². The maximum Gasteiger partial charge on any atom is 0.269 e. The lowest BCUT2D eigenvalue weighted by Crippen LogP contribution is -2.49. The predicted octanol–water partition coefficient (Wildman–Crippen LogP) is 4.97. The van der Waals surface area contributed by atoms with Gasteiger partial charge in [-0.05, 0) is 23.9 Å². The highest BCUT2D eigenvalue weighted by atomic mass is 32.1. The van der Waals surface area contributed by atoms with Crippen molar-refractivity contribution < 1.29 is 9.72 Å². The number of anilines is 1. The standard InChI is InChI=1S/C27H25N5O3S/c1-19-23(18-20-9-11-22(12-10-20)32(34)35)26(29-25(28-19)21-6-3-2-4-7-21)30-13-15-31(16-14-30)27(33)24-8-5-17-36-24/h2-12,17H,13-16,18H2,1H3. The number of amides is 1. The average Bonchev–Trinajstić information content (AvgIpc) is 3.45. The fourth-order valence-electron chi connectivity index (χ4n) is 4.38. The van der Waals surface area contributed by atoms with Crippen LogP contribution in [0.3, 0.4) is 0 Å². The van der Waals surface area contributed by atoms with E-state index in [1.807, 2.05) is 59.7 Å². The van der Waals surface area contributed by atoms with Gasteiger partial charge in [-0.2, -0.15) is 0 Å². The zero-order chi connectivity index (χ0) is 25.1. The summed E-state index contributed by atoms with van der Waals surface area (Å²) in [5, 5.41) is 13.0. The Balaban J connectivity index is 1.45. The van der Waals surface area contributed by atoms with E-state index in [0.717, 1.165) is 33.1 Å². The summed E-state index contributed by atoms with van der Waals surface area (Å²) in [7, 11) is 0. The number of benzene rings is 2. The second kappa shape index (κ2) is 10.2. The molecule has 8 nitrogen and oxygen atoms in total. The Labute approximate surface area is 213 Å². The van der Waals surface area contributed by atoms with Crippen LogP contribution in [0.15, 0.2) is 72.1 Å². The van der Waals surface area contributed by atoms with Gasteiger partial charge in [0.05, 0.1) is 9.80 Å². The molecule has 0 radical (unpaired) electrons. The maximum absolute atomic E-state index is 12.8. The minimum Gasteiger partial charge on any atom is -0.353 e. The number of thiophene rings is 1. The van der Waals surface area contributed by atoms with Crippen LogP contribution in [-0.2, 0) is 6.42 Å². The van der Waals surface area contributed by atoms with Crippen LogP contribution >= 0.6 is 11.3 Å². The van der Waals surface area contributed by atoms with Gasteiger partial charge in [0.2, 0.25) is 0 Å². The van der Waals surface area contributed by atoms with E-state index in [9.17, 15) is 14.9 Å². The Kier molecular flexibility index (Phi) is 6.73. The summed E-state index contributed by atoms with van der Waals surface area (Å²) in [4.78, 5) is 38.2. The number of carbonyl (C=O) groups is 1. The normalized spacial score (nSPS) is 13.6. The Morgan fingerprint density at radius 2 is 1.69 bits per heavy atom. The molecule has 0 spiro atoms. The zero-order valence-corrected chi connectivity index (χ0v) is 20.6. The topological polar surface area (TPSA) is 92.5 Å². The molecule has 1 aliphatic heterocycles. The number of hydrogen-bond donors (Lipinski definition) is 0. The number of rotatable bonds is 6. The SMILES string of the molecule is Cc1nc(-c2ccccc2)nc(N2CCN(C(=O)c3cccs3)CC2)c1Cc1ccc([N+](=O)[O-])cc1. The lowest BCUT2D eigenvalue weighted by molar-refractivity contribution is -0.384. The number of piperazine rings is 1. The van der Waals surface area contributed by atoms with Gasteiger partial charge in [-0.15, -0.1) is 11.3 Å². The number of aromatic nitrogens is 2. The molecule has 0 saturated carbocycles. The molecule has 2 aromatic carbocycles. The Morgan fingerprint density at radius 1 is 0.972 bits per heavy atom. The Morgan fingerprint density at radius 3 is 2.33 bits per heavy atom. The Hall–Kier alpha value is -4.11. The summed E-state index contributed by atoms with van der Waals surface area (Å²) in [6, 6.07) is 20.3. The average molecular weight is 500 g/mol. The van der Waals surface area contributed by atoms with Crippen LogP contribution in [0.5, 0.6) is 0 Å². The van der Waals surface area contributed by atoms with Gasteiger partial charge in [0.25, 0.3) is 11.6 Å². The first-order chi connectivity index (χ1) is 17.5. The molecule has 5 rings (SSSR count). The van der Waals surface area contributed by atoms with E-state index in [4.69, 9.17) is 9.97 Å². The van der Waals surface area contributed by atoms with Gasteiger partial charge in [0, 0.05) is 61.6 Å². The fourth-order valence-corrected chi connectivity index (χ4v) is 5.07. The van der Waals surface area contributed by atoms with Crippen LogP contribution in [0.1, 0.15) is 26.5 Å². The van der Waals surface area contributed by atoms with E-state index in [1.165, 1.54) is 23.5 Å². The molecule has 0 atom stereocenters. The molecule has 1 amide bonds. The third-order valence-electron chi connectivity index (χ3n) is 6.35. The van der Waals surface area contributed by atoms with Gasteiger partial charge in [-0.1, -0.05) is 48.5 Å². The van der Waals surface area contributed by atoms with Gasteiger partial charge in [0.1, 0.15) is 5.82 Å². The summed E-state index contributed by atoms with van der Waals surface area (Å²) < 4.78 is 0. The number of aryl methyl sites for hydroxylation is 1. The van der Waals surface area contributed by atoms with Gasteiger partial charge in [0.15, 0.2) is 5.82 Å². The summed E-state index contributed by atoms with van der Waals surface area (Å²) in [6.45, 7) is 4.52. The summed E-state index contributed by atoms with van der Waals surface area (Å²) in [5.74, 6) is 1.58. The largest absolute Gasteiger partial charge is 0.353 e. The van der Waals surface area contributed by atoms with Gasteiger partial charge in [-0.3, -0.25) is 14.9 Å². The number of carbonyl (C=O) groups excluding carboxylic acids is 1. The van der Waals surface area contributed by atoms with Crippen molar-refractivity contribution in [3.05, 3.63) is 104 Å². The van der Waals surface area contributed by atoms with E-state index in [0.29, 0.717) is 38.4 Å². The van der Waals surface area contributed by atoms with Crippen molar-refractivity contribution in [1.29, 1.82) is 0 Å². The Bertz CT molecular complexity index is 1370. The third kappa shape index (κ3) is 4.96. The first kappa shape index (κ1) is 23.6. The smallest absolute Gasteiger partial charge is 0.269 e. The van der Waals surface area contributed by atoms with E-state index in [-0.39, 0.29) is 11.6 Å². The van der Waals surface area contributed by atoms with Crippen LogP contribution in [0, 0.1) is 17.0 Å². The highest BCUT2D eigenvalue weighted by molar-refractivity contribution is 7.12. The zero-order valence-electron chi connectivity index (χ0n) is 19.8. The molecule has 0 N–H and O–H groups in total. The van der Waals surface area contributed by atoms with E-state index < -0.39 is 4.92 Å². The van der Waals surface area contributed by atoms with Gasteiger partial charge >= 0.3 is 0 Å². The molecule has 36 heavy (non-hydrogen) atoms. The second-order valence-corrected chi connectivity index (χ2v) is 9.61. The monoisotopic (exact) mass is 499 g/mol. The second-order valence-electron chi connectivity index (χ2n) is 8.66. The molecule has 2 aromatic heterocycles. The van der Waals surface area contributed by atoms with Crippen molar-refractivity contribution in [2.45, 2.75) is 13.3 Å². The van der Waals surface area contributed by atoms with Gasteiger partial charge in [-0.25, -0.2) is 9.97 Å². The molecule has 4 aromatic rings. The molecule has 1 saturated heterocycles. The summed E-state index contributed by atoms with van der Waals surface area (Å²) >= 11 is 1.46. The minimum atomic E-state index is -0.394. The molecule has 1 fully saturated rings. The maximum atomic E-state index is 12.8. The molecule has 0 unspecified atom stereocenters. The van der Waals surface area contributed by atoms with Crippen molar-refractivity contribution >= 4 is 28.7 Å². The van der Waals surface area contributed by atoms with E-state index in [2.05, 4.69) is 4.90 Å². The predicted molar refractivity (Wildman–Crippen MR) is 141 cm³/mol. The molecular weight excluding hydrogens is 474 g/mol. The van der Waals surface area contributed by atoms with Crippen molar-refractivity contribution in [2.24, 2.45) is 0 Å². The minimum absolute atomic E-state index is 0.0675. The van der Waals surface area contributed by atoms with Gasteiger partial charge < -0.3 is 9.80 Å². The highest BCUT2D eigenvalue weighted by Gasteiger charge is 2.26. The van der Waals surface area contributed by atoms with Crippen LogP contribution < -0.4 is 4.90 Å². The molecule has 9 heteroatoms. The molecule has 182 valence electrons. The lowest BCUT2D eigenvalue weighted by Gasteiger charge is -2.36. The van der Waals surface area contributed by atoms with Crippen LogP contribution in [0.2, 0.25) is 0 Å². The number of nitro benzene ring substituents is 1. The van der Waals surface area contributed by atoms with E-state index in [1.54, 1.807) is 12.1 Å². The molecule has 3 heterocycles. The molecule has 1 aliphatic rings. The molecule has 0 bridgehead atoms. The molecule has 0 aliphatic carbocycles. The first-order valence-corrected chi connectivity index (χ1v) is 12.6. The lowest BCUT2D eigenvalue weighted by atomic mass is 10.0. The number of nitro groups is 1. The van der Waals surface area contributed by atoms with Crippen LogP contribution in [-0.4, -0.2) is 51.9 Å². The van der Waals surface area contributed by atoms with Crippen molar-refractivity contribution in [1.82, 2.24) is 14.9 Å². The fraction of sp³-hybridized carbons (Fsp3) is 0.222. The highest BCUT2D eigenvalue weighted by Crippen LogP contribution is 2.29. The van der Waals surface area contributed by atoms with Crippen molar-refractivity contribution in [3.63, 3.8) is 0 Å². The summed E-state index contributed by atoms with van der Waals surface area (Å²) in [6.07, 6.45) is 0.558. The van der Waals surface area contributed by atoms with Crippen molar-refractivity contribution in [2.75, 3.05) is 31.1 Å². The summed E-state index contributed by atoms with van der Waals surface area (Å²) in [5.41, 5.74) is 3.82. The molecular formula is C27H25N5O3S. The van der Waals surface area contributed by atoms with Crippen molar-refractivity contribution in [3.8, 4) is 11.4 Å². The third-order valence-corrected chi connectivity index (χ3v) is 7.21. The number of hydrogen-bond acceptors (Lipinski definition) is 7. The quantitative estimate of drug-likeness (QED) is 0.275. The number of nitrogens with zero attached hydrogens (tertiary/aromatic N) is 5. The van der Waals surface area contributed by atoms with E-state index >= 15 is 0 Å². The number of non-ortho nitro benzene ring substituents is 1. The first-order valence-electron chi connectivity index (χ1n) is 11.7. The van der Waals surface area contributed by atoms with Crippen LogP contribution in [0.4, 0.5) is 11.5 Å².